The van der Waals surface area contributed by atoms with Crippen molar-refractivity contribution in [3.8, 4) is 10.6 Å². The van der Waals surface area contributed by atoms with Gasteiger partial charge in [0.2, 0.25) is 0 Å². The van der Waals surface area contributed by atoms with Crippen LogP contribution in [0.1, 0.15) is 28.7 Å². The van der Waals surface area contributed by atoms with Crippen molar-refractivity contribution in [1.82, 2.24) is 4.98 Å². The van der Waals surface area contributed by atoms with Gasteiger partial charge in [0.25, 0.3) is 0 Å². The van der Waals surface area contributed by atoms with E-state index in [1.165, 1.54) is 16.0 Å². The summed E-state index contributed by atoms with van der Waals surface area (Å²) in [5.41, 5.74) is 1.75. The number of carbonyl (C=O) groups is 1. The van der Waals surface area contributed by atoms with Gasteiger partial charge in [-0.15, -0.1) is 22.7 Å². The Kier molecular flexibility index (Phi) is 3.54. The number of thiazole rings is 1. The summed E-state index contributed by atoms with van der Waals surface area (Å²) >= 11 is 2.94. The fraction of sp³-hybridized carbons (Fsp3) is 0.200. The maximum absolute atomic E-state index is 11.3. The second-order valence-electron chi connectivity index (χ2n) is 4.50. The second-order valence-corrected chi connectivity index (χ2v) is 6.41. The van der Waals surface area contributed by atoms with E-state index in [2.05, 4.69) is 22.5 Å². The molecule has 3 aromatic rings. The Morgan fingerprint density at radius 3 is 2.90 bits per heavy atom. The molecule has 0 spiro atoms. The van der Waals surface area contributed by atoms with Crippen LogP contribution in [0, 0.1) is 0 Å². The summed E-state index contributed by atoms with van der Waals surface area (Å²) in [5.74, 6) is -0.878. The minimum atomic E-state index is -0.878. The van der Waals surface area contributed by atoms with Crippen LogP contribution in [0.25, 0.3) is 20.7 Å². The highest BCUT2D eigenvalue weighted by Gasteiger charge is 2.19. The molecule has 0 aliphatic rings. The lowest BCUT2D eigenvalue weighted by atomic mass is 10.2. The van der Waals surface area contributed by atoms with Gasteiger partial charge >= 0.3 is 5.97 Å². The lowest BCUT2D eigenvalue weighted by Crippen LogP contribution is -1.98. The third kappa shape index (κ3) is 2.23. The summed E-state index contributed by atoms with van der Waals surface area (Å²) < 4.78 is 1.20. The molecule has 2 aromatic heterocycles. The van der Waals surface area contributed by atoms with E-state index in [0.717, 1.165) is 22.4 Å². The maximum atomic E-state index is 11.3. The van der Waals surface area contributed by atoms with E-state index < -0.39 is 5.97 Å². The van der Waals surface area contributed by atoms with Crippen molar-refractivity contribution in [2.45, 2.75) is 19.8 Å². The number of benzene rings is 1. The van der Waals surface area contributed by atoms with Gasteiger partial charge in [-0.25, -0.2) is 9.78 Å². The van der Waals surface area contributed by atoms with Gasteiger partial charge in [-0.2, -0.15) is 0 Å². The van der Waals surface area contributed by atoms with Crippen LogP contribution in [0.3, 0.4) is 0 Å². The number of aromatic carboxylic acids is 1. The Balaban J connectivity index is 2.14. The average molecular weight is 303 g/mol. The molecule has 0 bridgehead atoms. The molecule has 1 aromatic carbocycles. The molecule has 0 atom stereocenters. The van der Waals surface area contributed by atoms with Crippen molar-refractivity contribution in [2.75, 3.05) is 0 Å². The van der Waals surface area contributed by atoms with E-state index >= 15 is 0 Å². The van der Waals surface area contributed by atoms with Crippen molar-refractivity contribution >= 4 is 38.7 Å². The normalized spacial score (nSPS) is 11.1. The molecule has 3 nitrogen and oxygen atoms in total. The average Bonchev–Trinajstić information content (AvgIpc) is 3.02. The number of fused-ring (bicyclic) bond motifs is 1. The van der Waals surface area contributed by atoms with Crippen molar-refractivity contribution in [1.29, 1.82) is 0 Å². The largest absolute Gasteiger partial charge is 0.477 e. The van der Waals surface area contributed by atoms with Gasteiger partial charge in [0.05, 0.1) is 5.69 Å². The summed E-state index contributed by atoms with van der Waals surface area (Å²) in [4.78, 5) is 16.2. The van der Waals surface area contributed by atoms with E-state index in [9.17, 15) is 9.90 Å². The number of carboxylic acid groups (broad SMARTS) is 1. The zero-order valence-electron chi connectivity index (χ0n) is 10.9. The van der Waals surface area contributed by atoms with E-state index in [0.29, 0.717) is 17.0 Å². The van der Waals surface area contributed by atoms with Gasteiger partial charge in [-0.3, -0.25) is 0 Å². The highest BCUT2D eigenvalue weighted by atomic mass is 32.1. The topological polar surface area (TPSA) is 50.2 Å². The highest BCUT2D eigenvalue weighted by Crippen LogP contribution is 2.37. The van der Waals surface area contributed by atoms with Gasteiger partial charge in [-0.1, -0.05) is 31.5 Å². The first kappa shape index (κ1) is 13.3. The van der Waals surface area contributed by atoms with Crippen molar-refractivity contribution < 1.29 is 9.90 Å². The SMILES string of the molecule is CCCc1nc(-c2csc3ccccc23)sc1C(=O)O. The third-order valence-corrected chi connectivity index (χ3v) is 5.17. The first-order valence-corrected chi connectivity index (χ1v) is 8.10. The molecule has 2 heterocycles. The molecular weight excluding hydrogens is 290 g/mol. The summed E-state index contributed by atoms with van der Waals surface area (Å²) in [7, 11) is 0. The molecule has 0 unspecified atom stereocenters. The van der Waals surface area contributed by atoms with E-state index in [-0.39, 0.29) is 0 Å². The lowest BCUT2D eigenvalue weighted by molar-refractivity contribution is 0.0700. The molecule has 0 aliphatic heterocycles. The van der Waals surface area contributed by atoms with Crippen molar-refractivity contribution in [3.63, 3.8) is 0 Å². The van der Waals surface area contributed by atoms with Crippen LogP contribution < -0.4 is 0 Å². The van der Waals surface area contributed by atoms with Crippen LogP contribution in [0.2, 0.25) is 0 Å². The quantitative estimate of drug-likeness (QED) is 0.761. The summed E-state index contributed by atoms with van der Waals surface area (Å²) in [6.45, 7) is 2.03. The Bertz CT molecular complexity index is 773. The first-order valence-electron chi connectivity index (χ1n) is 6.40. The molecule has 1 N–H and O–H groups in total. The molecule has 0 fully saturated rings. The van der Waals surface area contributed by atoms with Crippen LogP contribution in [0.5, 0.6) is 0 Å². The molecular formula is C15H13NO2S2. The number of carboxylic acids is 1. The molecule has 3 rings (SSSR count). The number of aryl methyl sites for hydroxylation is 1. The Hall–Kier alpha value is -1.72. The third-order valence-electron chi connectivity index (χ3n) is 3.09. The van der Waals surface area contributed by atoms with Gasteiger partial charge in [0.1, 0.15) is 9.88 Å². The Morgan fingerprint density at radius 2 is 2.15 bits per heavy atom. The Labute approximate surface area is 124 Å². The summed E-state index contributed by atoms with van der Waals surface area (Å²) in [6.07, 6.45) is 1.61. The van der Waals surface area contributed by atoms with Crippen LogP contribution in [0.4, 0.5) is 0 Å². The summed E-state index contributed by atoms with van der Waals surface area (Å²) in [6, 6.07) is 8.14. The van der Waals surface area contributed by atoms with Crippen molar-refractivity contribution in [3.05, 3.63) is 40.2 Å². The van der Waals surface area contributed by atoms with E-state index in [1.54, 1.807) is 11.3 Å². The zero-order valence-corrected chi connectivity index (χ0v) is 12.6. The standard InChI is InChI=1S/C15H13NO2S2/c1-2-5-11-13(15(17)18)20-14(16-11)10-8-19-12-7-4-3-6-9(10)12/h3-4,6-8H,2,5H2,1H3,(H,17,18). The lowest BCUT2D eigenvalue weighted by Gasteiger charge is -1.94. The fourth-order valence-corrected chi connectivity index (χ4v) is 4.18. The van der Waals surface area contributed by atoms with Crippen LogP contribution in [0.15, 0.2) is 29.6 Å². The minimum Gasteiger partial charge on any atom is -0.477 e. The molecule has 0 aliphatic carbocycles. The second kappa shape index (κ2) is 5.34. The number of aromatic nitrogens is 1. The number of rotatable bonds is 4. The minimum absolute atomic E-state index is 0.372. The molecule has 0 radical (unpaired) electrons. The predicted octanol–water partition coefficient (Wildman–Crippen LogP) is 4.68. The smallest absolute Gasteiger partial charge is 0.347 e. The first-order chi connectivity index (χ1) is 9.70. The van der Waals surface area contributed by atoms with Gasteiger partial charge in [0.15, 0.2) is 0 Å². The highest BCUT2D eigenvalue weighted by molar-refractivity contribution is 7.20. The Morgan fingerprint density at radius 1 is 1.35 bits per heavy atom. The predicted molar refractivity (Wildman–Crippen MR) is 83.9 cm³/mol. The van der Waals surface area contributed by atoms with E-state index in [1.807, 2.05) is 19.1 Å². The molecule has 0 saturated carbocycles. The fourth-order valence-electron chi connectivity index (χ4n) is 2.18. The molecule has 20 heavy (non-hydrogen) atoms. The van der Waals surface area contributed by atoms with Gasteiger partial charge in [0, 0.05) is 21.0 Å². The molecule has 102 valence electrons. The summed E-state index contributed by atoms with van der Waals surface area (Å²) in [5, 5.41) is 13.3. The maximum Gasteiger partial charge on any atom is 0.347 e. The number of hydrogen-bond donors (Lipinski definition) is 1. The molecule has 5 heteroatoms. The van der Waals surface area contributed by atoms with E-state index in [4.69, 9.17) is 0 Å². The zero-order chi connectivity index (χ0) is 14.1. The van der Waals surface area contributed by atoms with Gasteiger partial charge in [-0.05, 0) is 12.5 Å². The van der Waals surface area contributed by atoms with Crippen LogP contribution >= 0.6 is 22.7 Å². The van der Waals surface area contributed by atoms with Crippen molar-refractivity contribution in [2.24, 2.45) is 0 Å². The van der Waals surface area contributed by atoms with Gasteiger partial charge < -0.3 is 5.11 Å². The number of thiophene rings is 1. The van der Waals surface area contributed by atoms with Crippen LogP contribution in [-0.4, -0.2) is 16.1 Å². The number of nitrogens with zero attached hydrogens (tertiary/aromatic N) is 1. The monoisotopic (exact) mass is 303 g/mol. The molecule has 0 saturated heterocycles. The number of hydrogen-bond acceptors (Lipinski definition) is 4. The van der Waals surface area contributed by atoms with Crippen LogP contribution in [-0.2, 0) is 6.42 Å². The molecule has 0 amide bonds.